The standard InChI is InChI=1S/C15H19N3O/c1-9(2)17-15(19)13-7-11-10-5-3-4-6-12(10)18-14(11)8-16-13/h3-6,9,13,16,18H,7-8H2,1-2H3,(H,17,19)/t13-/m0/s1. The first kappa shape index (κ1) is 12.2. The molecule has 0 saturated carbocycles. The number of hydrogen-bond donors (Lipinski definition) is 3. The number of para-hydroxylation sites is 1. The average molecular weight is 257 g/mol. The molecule has 1 aliphatic heterocycles. The van der Waals surface area contributed by atoms with Crippen LogP contribution in [0.15, 0.2) is 24.3 Å². The number of benzene rings is 1. The van der Waals surface area contributed by atoms with E-state index < -0.39 is 0 Å². The van der Waals surface area contributed by atoms with Crippen LogP contribution in [0.2, 0.25) is 0 Å². The lowest BCUT2D eigenvalue weighted by Gasteiger charge is -2.24. The van der Waals surface area contributed by atoms with Crippen molar-refractivity contribution in [2.75, 3.05) is 0 Å². The fourth-order valence-electron chi connectivity index (χ4n) is 2.71. The minimum atomic E-state index is -0.130. The van der Waals surface area contributed by atoms with Crippen LogP contribution in [0.4, 0.5) is 0 Å². The summed E-state index contributed by atoms with van der Waals surface area (Å²) in [5.74, 6) is 0.0888. The molecule has 1 aliphatic rings. The summed E-state index contributed by atoms with van der Waals surface area (Å²) in [5, 5.41) is 7.51. The molecule has 3 N–H and O–H groups in total. The number of fused-ring (bicyclic) bond motifs is 3. The van der Waals surface area contributed by atoms with Crippen LogP contribution in [0, 0.1) is 0 Å². The molecule has 0 saturated heterocycles. The third-order valence-electron chi connectivity index (χ3n) is 3.58. The summed E-state index contributed by atoms with van der Waals surface area (Å²) < 4.78 is 0. The predicted molar refractivity (Wildman–Crippen MR) is 75.9 cm³/mol. The highest BCUT2D eigenvalue weighted by Crippen LogP contribution is 2.26. The highest BCUT2D eigenvalue weighted by atomic mass is 16.2. The third kappa shape index (κ3) is 2.24. The Morgan fingerprint density at radius 1 is 1.37 bits per heavy atom. The topological polar surface area (TPSA) is 56.9 Å². The Hall–Kier alpha value is -1.81. The van der Waals surface area contributed by atoms with Gasteiger partial charge in [-0.15, -0.1) is 0 Å². The Bertz CT molecular complexity index is 615. The van der Waals surface area contributed by atoms with Crippen molar-refractivity contribution in [2.45, 2.75) is 38.9 Å². The maximum Gasteiger partial charge on any atom is 0.237 e. The average Bonchev–Trinajstić information content (AvgIpc) is 2.75. The lowest BCUT2D eigenvalue weighted by molar-refractivity contribution is -0.123. The van der Waals surface area contributed by atoms with Crippen LogP contribution in [0.1, 0.15) is 25.1 Å². The molecule has 0 unspecified atom stereocenters. The summed E-state index contributed by atoms with van der Waals surface area (Å²) in [4.78, 5) is 15.5. The summed E-state index contributed by atoms with van der Waals surface area (Å²) >= 11 is 0. The predicted octanol–water partition coefficient (Wildman–Crippen LogP) is 1.71. The highest BCUT2D eigenvalue weighted by Gasteiger charge is 2.26. The summed E-state index contributed by atoms with van der Waals surface area (Å²) in [7, 11) is 0. The zero-order chi connectivity index (χ0) is 13.4. The van der Waals surface area contributed by atoms with E-state index in [9.17, 15) is 4.79 Å². The summed E-state index contributed by atoms with van der Waals surface area (Å²) in [5.41, 5.74) is 3.63. The van der Waals surface area contributed by atoms with Crippen molar-refractivity contribution in [1.82, 2.24) is 15.6 Å². The van der Waals surface area contributed by atoms with E-state index in [2.05, 4.69) is 27.8 Å². The van der Waals surface area contributed by atoms with Crippen LogP contribution < -0.4 is 10.6 Å². The fourth-order valence-corrected chi connectivity index (χ4v) is 2.71. The van der Waals surface area contributed by atoms with Crippen LogP contribution >= 0.6 is 0 Å². The number of nitrogens with one attached hydrogen (secondary N) is 3. The van der Waals surface area contributed by atoms with E-state index in [1.165, 1.54) is 16.6 Å². The number of amides is 1. The molecule has 3 rings (SSSR count). The summed E-state index contributed by atoms with van der Waals surface area (Å²) in [6, 6.07) is 8.32. The van der Waals surface area contributed by atoms with Gasteiger partial charge in [0, 0.05) is 29.2 Å². The second kappa shape index (κ2) is 4.70. The van der Waals surface area contributed by atoms with Crippen molar-refractivity contribution in [3.8, 4) is 0 Å². The van der Waals surface area contributed by atoms with Crippen molar-refractivity contribution in [3.63, 3.8) is 0 Å². The van der Waals surface area contributed by atoms with Gasteiger partial charge in [0.15, 0.2) is 0 Å². The van der Waals surface area contributed by atoms with E-state index in [1.807, 2.05) is 26.0 Å². The Labute approximate surface area is 112 Å². The highest BCUT2D eigenvalue weighted by molar-refractivity contribution is 5.88. The zero-order valence-corrected chi connectivity index (χ0v) is 11.3. The van der Waals surface area contributed by atoms with Crippen LogP contribution in [0.5, 0.6) is 0 Å². The zero-order valence-electron chi connectivity index (χ0n) is 11.3. The quantitative estimate of drug-likeness (QED) is 0.767. The van der Waals surface area contributed by atoms with Gasteiger partial charge in [0.05, 0.1) is 6.04 Å². The van der Waals surface area contributed by atoms with Gasteiger partial charge in [-0.1, -0.05) is 18.2 Å². The van der Waals surface area contributed by atoms with Crippen LogP contribution in [-0.2, 0) is 17.8 Å². The number of aromatic amines is 1. The molecule has 2 aromatic rings. The molecule has 0 radical (unpaired) electrons. The Kier molecular flexibility index (Phi) is 3.03. The molecule has 0 aliphatic carbocycles. The first-order valence-corrected chi connectivity index (χ1v) is 6.77. The van der Waals surface area contributed by atoms with Gasteiger partial charge >= 0.3 is 0 Å². The van der Waals surface area contributed by atoms with Crippen LogP contribution in [0.25, 0.3) is 10.9 Å². The summed E-state index contributed by atoms with van der Waals surface area (Å²) in [6.45, 7) is 4.69. The van der Waals surface area contributed by atoms with Crippen LogP contribution in [0.3, 0.4) is 0 Å². The fraction of sp³-hybridized carbons (Fsp3) is 0.400. The molecule has 1 atom stereocenters. The Morgan fingerprint density at radius 3 is 2.95 bits per heavy atom. The Morgan fingerprint density at radius 2 is 2.16 bits per heavy atom. The molecular formula is C15H19N3O. The van der Waals surface area contributed by atoms with Crippen molar-refractivity contribution in [3.05, 3.63) is 35.5 Å². The second-order valence-corrected chi connectivity index (χ2v) is 5.43. The second-order valence-electron chi connectivity index (χ2n) is 5.43. The molecule has 100 valence electrons. The third-order valence-corrected chi connectivity index (χ3v) is 3.58. The maximum absolute atomic E-state index is 12.1. The lowest BCUT2D eigenvalue weighted by atomic mass is 9.98. The molecule has 1 aromatic heterocycles. The normalized spacial score (nSPS) is 18.6. The number of H-pyrrole nitrogens is 1. The molecule has 4 nitrogen and oxygen atoms in total. The molecule has 4 heteroatoms. The van der Waals surface area contributed by atoms with Crippen molar-refractivity contribution < 1.29 is 4.79 Å². The molecule has 0 fully saturated rings. The van der Waals surface area contributed by atoms with Crippen molar-refractivity contribution >= 4 is 16.8 Å². The minimum absolute atomic E-state index is 0.0888. The van der Waals surface area contributed by atoms with E-state index in [-0.39, 0.29) is 18.0 Å². The summed E-state index contributed by atoms with van der Waals surface area (Å²) in [6.07, 6.45) is 0.748. The van der Waals surface area contributed by atoms with E-state index in [4.69, 9.17) is 0 Å². The van der Waals surface area contributed by atoms with Gasteiger partial charge in [-0.25, -0.2) is 0 Å². The van der Waals surface area contributed by atoms with E-state index in [1.54, 1.807) is 0 Å². The first-order chi connectivity index (χ1) is 9.15. The van der Waals surface area contributed by atoms with Crippen LogP contribution in [-0.4, -0.2) is 23.0 Å². The van der Waals surface area contributed by atoms with Gasteiger partial charge in [-0.3, -0.25) is 10.1 Å². The molecule has 0 spiro atoms. The minimum Gasteiger partial charge on any atom is -0.357 e. The van der Waals surface area contributed by atoms with E-state index >= 15 is 0 Å². The number of rotatable bonds is 2. The van der Waals surface area contributed by atoms with Gasteiger partial charge in [0.1, 0.15) is 0 Å². The van der Waals surface area contributed by atoms with Gasteiger partial charge in [-0.2, -0.15) is 0 Å². The molecule has 1 amide bonds. The van der Waals surface area contributed by atoms with Gasteiger partial charge in [-0.05, 0) is 31.9 Å². The van der Waals surface area contributed by atoms with Gasteiger partial charge < -0.3 is 10.3 Å². The van der Waals surface area contributed by atoms with Gasteiger partial charge in [0.25, 0.3) is 0 Å². The molecular weight excluding hydrogens is 238 g/mol. The largest absolute Gasteiger partial charge is 0.357 e. The van der Waals surface area contributed by atoms with E-state index in [0.717, 1.165) is 18.5 Å². The van der Waals surface area contributed by atoms with E-state index in [0.29, 0.717) is 0 Å². The number of carbonyl (C=O) groups excluding carboxylic acids is 1. The smallest absolute Gasteiger partial charge is 0.237 e. The first-order valence-electron chi connectivity index (χ1n) is 6.77. The number of hydrogen-bond acceptors (Lipinski definition) is 2. The molecule has 2 heterocycles. The number of carbonyl (C=O) groups is 1. The molecule has 0 bridgehead atoms. The lowest BCUT2D eigenvalue weighted by Crippen LogP contribution is -2.49. The Balaban J connectivity index is 1.88. The van der Waals surface area contributed by atoms with Crippen molar-refractivity contribution in [1.29, 1.82) is 0 Å². The molecule has 1 aromatic carbocycles. The number of aromatic nitrogens is 1. The molecule has 19 heavy (non-hydrogen) atoms. The monoisotopic (exact) mass is 257 g/mol. The maximum atomic E-state index is 12.1. The van der Waals surface area contributed by atoms with Gasteiger partial charge in [0.2, 0.25) is 5.91 Å². The van der Waals surface area contributed by atoms with Crippen molar-refractivity contribution in [2.24, 2.45) is 0 Å². The SMILES string of the molecule is CC(C)NC(=O)[C@@H]1Cc2c([nH]c3ccccc23)CN1.